The molecule has 4 aliphatic rings. The molecule has 2 heterocycles. The molecule has 1 saturated heterocycles. The van der Waals surface area contributed by atoms with Crippen LogP contribution in [0, 0.1) is 10.8 Å². The normalized spacial score (nSPS) is 26.7. The van der Waals surface area contributed by atoms with Crippen LogP contribution in [0.25, 0.3) is 0 Å². The number of ether oxygens (including phenoxy) is 8. The minimum Gasteiger partial charge on any atom is -0.493 e. The van der Waals surface area contributed by atoms with Crippen molar-refractivity contribution < 1.29 is 66.7 Å². The lowest BCUT2D eigenvalue weighted by molar-refractivity contribution is -0.288. The summed E-state index contributed by atoms with van der Waals surface area (Å²) in [6.07, 6.45) is -5.36. The Bertz CT molecular complexity index is 1680. The first-order valence-corrected chi connectivity index (χ1v) is 17.1. The van der Waals surface area contributed by atoms with E-state index in [1.807, 2.05) is 27.7 Å². The van der Waals surface area contributed by atoms with Gasteiger partial charge in [-0.25, -0.2) is 0 Å². The second-order valence-corrected chi connectivity index (χ2v) is 15.2. The van der Waals surface area contributed by atoms with E-state index in [2.05, 4.69) is 0 Å². The van der Waals surface area contributed by atoms with Gasteiger partial charge in [-0.3, -0.25) is 28.8 Å². The number of Topliss-reactive ketones (excluding diaryl/α,β-unsaturated/α-hetero) is 2. The Morgan fingerprint density at radius 2 is 1.23 bits per heavy atom. The molecule has 0 amide bonds. The molecule has 0 radical (unpaired) electrons. The van der Waals surface area contributed by atoms with E-state index in [9.17, 15) is 28.8 Å². The summed E-state index contributed by atoms with van der Waals surface area (Å²) in [5.74, 6) is -2.50. The van der Waals surface area contributed by atoms with Crippen molar-refractivity contribution in [3.05, 3.63) is 46.4 Å². The summed E-state index contributed by atoms with van der Waals surface area (Å²) in [6.45, 7) is 12.2. The van der Waals surface area contributed by atoms with Crippen molar-refractivity contribution in [1.82, 2.24) is 0 Å². The van der Waals surface area contributed by atoms with Crippen LogP contribution >= 0.6 is 0 Å². The van der Waals surface area contributed by atoms with Gasteiger partial charge in [-0.15, -0.1) is 0 Å². The van der Waals surface area contributed by atoms with Gasteiger partial charge in [0.05, 0.1) is 7.11 Å². The van der Waals surface area contributed by atoms with E-state index < -0.39 is 67.1 Å². The number of carbonyl (C=O) groups is 6. The molecule has 0 N–H and O–H groups in total. The average Bonchev–Trinajstić information content (AvgIpc) is 3.00. The van der Waals surface area contributed by atoms with Gasteiger partial charge in [-0.1, -0.05) is 33.8 Å². The van der Waals surface area contributed by atoms with Crippen LogP contribution < -0.4 is 9.47 Å². The molecular weight excluding hydrogens is 680 g/mol. The highest BCUT2D eigenvalue weighted by molar-refractivity contribution is 6.06. The zero-order chi connectivity index (χ0) is 38.3. The molecule has 282 valence electrons. The Labute approximate surface area is 302 Å². The van der Waals surface area contributed by atoms with Gasteiger partial charge in [-0.05, 0) is 28.5 Å². The molecule has 1 aromatic rings. The summed E-state index contributed by atoms with van der Waals surface area (Å²) < 4.78 is 46.2. The molecular formula is C38H46O14. The standard InChI is InChI=1S/C38H46O14/c1-18(39)46-17-29-33(47-19(2)40)34(48-20(3)41)35(49-21(4)42)36(52-29)51-25-11-10-22(12-26(25)45-9)30-31-23(43)13-37(5,6)15-27(31)50-28-16-38(7,8)14-24(44)32(28)30/h10-12,29-30,33-36H,13-17H2,1-9H3/t29?,33-,34?,35+,36-/m1/s1. The van der Waals surface area contributed by atoms with E-state index in [0.717, 1.165) is 20.8 Å². The van der Waals surface area contributed by atoms with E-state index in [1.54, 1.807) is 18.2 Å². The molecule has 14 nitrogen and oxygen atoms in total. The molecule has 0 spiro atoms. The third-order valence-electron chi connectivity index (χ3n) is 9.29. The molecule has 5 atom stereocenters. The van der Waals surface area contributed by atoms with Crippen molar-refractivity contribution in [1.29, 1.82) is 0 Å². The van der Waals surface area contributed by atoms with E-state index in [4.69, 9.17) is 37.9 Å². The molecule has 2 unspecified atom stereocenters. The molecule has 1 fully saturated rings. The number of methoxy groups -OCH3 is 1. The van der Waals surface area contributed by atoms with E-state index in [1.165, 1.54) is 14.0 Å². The molecule has 0 aromatic heterocycles. The zero-order valence-electron chi connectivity index (χ0n) is 30.9. The summed E-state index contributed by atoms with van der Waals surface area (Å²) >= 11 is 0. The summed E-state index contributed by atoms with van der Waals surface area (Å²) in [4.78, 5) is 76.0. The first kappa shape index (κ1) is 38.5. The van der Waals surface area contributed by atoms with Crippen LogP contribution in [-0.4, -0.2) is 79.9 Å². The van der Waals surface area contributed by atoms with Gasteiger partial charge in [-0.2, -0.15) is 0 Å². The Kier molecular flexibility index (Phi) is 10.9. The van der Waals surface area contributed by atoms with Crippen molar-refractivity contribution in [3.63, 3.8) is 0 Å². The Balaban J connectivity index is 1.57. The minimum absolute atomic E-state index is 0.0924. The second-order valence-electron chi connectivity index (χ2n) is 15.2. The van der Waals surface area contributed by atoms with Crippen molar-refractivity contribution in [2.24, 2.45) is 10.8 Å². The predicted molar refractivity (Wildman–Crippen MR) is 179 cm³/mol. The maximum absolute atomic E-state index is 13.8. The van der Waals surface area contributed by atoms with Crippen LogP contribution in [0.5, 0.6) is 11.5 Å². The molecule has 14 heteroatoms. The number of carbonyl (C=O) groups excluding carboxylic acids is 6. The number of ketones is 2. The lowest BCUT2D eigenvalue weighted by atomic mass is 9.65. The van der Waals surface area contributed by atoms with Crippen LogP contribution in [0.15, 0.2) is 40.9 Å². The largest absolute Gasteiger partial charge is 0.493 e. The fourth-order valence-corrected chi connectivity index (χ4v) is 7.38. The monoisotopic (exact) mass is 726 g/mol. The van der Waals surface area contributed by atoms with E-state index in [0.29, 0.717) is 41.1 Å². The summed E-state index contributed by atoms with van der Waals surface area (Å²) in [5.41, 5.74) is 0.830. The highest BCUT2D eigenvalue weighted by Crippen LogP contribution is 2.54. The molecule has 0 bridgehead atoms. The maximum atomic E-state index is 13.8. The van der Waals surface area contributed by atoms with Crippen LogP contribution in [-0.2, 0) is 57.2 Å². The van der Waals surface area contributed by atoms with Crippen molar-refractivity contribution in [2.75, 3.05) is 13.7 Å². The Morgan fingerprint density at radius 3 is 1.73 bits per heavy atom. The highest BCUT2D eigenvalue weighted by Gasteiger charge is 2.54. The first-order chi connectivity index (χ1) is 24.3. The van der Waals surface area contributed by atoms with E-state index >= 15 is 0 Å². The fourth-order valence-electron chi connectivity index (χ4n) is 7.38. The van der Waals surface area contributed by atoms with Gasteiger partial charge in [0, 0.05) is 70.4 Å². The molecule has 1 aromatic carbocycles. The van der Waals surface area contributed by atoms with Crippen LogP contribution in [0.4, 0.5) is 0 Å². The number of rotatable bonds is 9. The van der Waals surface area contributed by atoms with Crippen LogP contribution in [0.2, 0.25) is 0 Å². The summed E-state index contributed by atoms with van der Waals surface area (Å²) in [5, 5.41) is 0. The number of allylic oxidation sites excluding steroid dienone is 4. The topological polar surface area (TPSA) is 176 Å². The molecule has 5 rings (SSSR count). The predicted octanol–water partition coefficient (Wildman–Crippen LogP) is 4.56. The number of hydrogen-bond donors (Lipinski definition) is 0. The lowest BCUT2D eigenvalue weighted by Gasteiger charge is -2.44. The van der Waals surface area contributed by atoms with Gasteiger partial charge in [0.15, 0.2) is 35.3 Å². The first-order valence-electron chi connectivity index (χ1n) is 17.1. The summed E-state index contributed by atoms with van der Waals surface area (Å²) in [7, 11) is 1.40. The van der Waals surface area contributed by atoms with E-state index in [-0.39, 0.29) is 46.7 Å². The third-order valence-corrected chi connectivity index (χ3v) is 9.29. The van der Waals surface area contributed by atoms with Gasteiger partial charge in [0.25, 0.3) is 0 Å². The van der Waals surface area contributed by atoms with Gasteiger partial charge in [0.1, 0.15) is 24.2 Å². The fraction of sp³-hybridized carbons (Fsp3) is 0.579. The van der Waals surface area contributed by atoms with Crippen molar-refractivity contribution >= 4 is 35.4 Å². The highest BCUT2D eigenvalue weighted by atomic mass is 16.7. The smallest absolute Gasteiger partial charge is 0.303 e. The zero-order valence-corrected chi connectivity index (χ0v) is 30.9. The maximum Gasteiger partial charge on any atom is 0.303 e. The quantitative estimate of drug-likeness (QED) is 0.256. The van der Waals surface area contributed by atoms with Crippen LogP contribution in [0.1, 0.15) is 92.6 Å². The van der Waals surface area contributed by atoms with Crippen LogP contribution in [0.3, 0.4) is 0 Å². The molecule has 52 heavy (non-hydrogen) atoms. The van der Waals surface area contributed by atoms with Gasteiger partial charge in [0.2, 0.25) is 12.4 Å². The summed E-state index contributed by atoms with van der Waals surface area (Å²) in [6, 6.07) is 4.92. The second kappa shape index (κ2) is 14.7. The Hall–Kier alpha value is -4.72. The van der Waals surface area contributed by atoms with Crippen molar-refractivity contribution in [3.8, 4) is 11.5 Å². The molecule has 0 saturated carbocycles. The minimum atomic E-state index is -1.50. The molecule has 2 aliphatic carbocycles. The average molecular weight is 727 g/mol. The molecule has 2 aliphatic heterocycles. The number of esters is 4. The lowest BCUT2D eigenvalue weighted by Crippen LogP contribution is -2.63. The van der Waals surface area contributed by atoms with Crippen molar-refractivity contribution in [2.45, 2.75) is 118 Å². The Morgan fingerprint density at radius 1 is 0.712 bits per heavy atom. The number of benzene rings is 1. The third kappa shape index (κ3) is 8.32. The van der Waals surface area contributed by atoms with Gasteiger partial charge < -0.3 is 37.9 Å². The van der Waals surface area contributed by atoms with Gasteiger partial charge >= 0.3 is 23.9 Å². The number of hydrogen-bond acceptors (Lipinski definition) is 14. The SMILES string of the molecule is COc1cc(C2C3=C(CC(C)(C)CC3=O)OC3=C2C(=O)CC(C)(C)C3)ccc1O[C@@H]1OC(COC(C)=O)[C@@H](OC(C)=O)C(OC(C)=O)[C@@H]1OC(C)=O.